The molecular formula is C15H21NO. The van der Waals surface area contributed by atoms with Gasteiger partial charge in [-0.3, -0.25) is 0 Å². The van der Waals surface area contributed by atoms with Gasteiger partial charge in [0, 0.05) is 12.2 Å². The highest BCUT2D eigenvalue weighted by Gasteiger charge is 1.93. The summed E-state index contributed by atoms with van der Waals surface area (Å²) >= 11 is 0. The third-order valence-corrected chi connectivity index (χ3v) is 2.44. The number of rotatable bonds is 6. The summed E-state index contributed by atoms with van der Waals surface area (Å²) in [4.78, 5) is 0. The van der Waals surface area contributed by atoms with E-state index in [1.807, 2.05) is 24.3 Å². The molecule has 0 aliphatic heterocycles. The van der Waals surface area contributed by atoms with Gasteiger partial charge in [-0.05, 0) is 36.1 Å². The standard InChI is InChI=1S/C15H21NO/c1-12(2)10-11-16-13(3)4-5-14-6-8-15(17)9-7-14/h4-9,12,16-17H,3,10-11H2,1-2H3/b5-4+. The zero-order chi connectivity index (χ0) is 12.7. The number of phenolic OH excluding ortho intramolecular Hbond substituents is 1. The van der Waals surface area contributed by atoms with Crippen LogP contribution >= 0.6 is 0 Å². The number of nitrogens with one attached hydrogen (secondary N) is 1. The molecule has 2 heteroatoms. The van der Waals surface area contributed by atoms with Crippen molar-refractivity contribution in [3.8, 4) is 5.75 Å². The van der Waals surface area contributed by atoms with Crippen LogP contribution in [-0.4, -0.2) is 11.7 Å². The molecule has 0 aliphatic carbocycles. The number of allylic oxidation sites excluding steroid dienone is 1. The lowest BCUT2D eigenvalue weighted by atomic mass is 10.1. The Morgan fingerprint density at radius 3 is 2.59 bits per heavy atom. The van der Waals surface area contributed by atoms with Gasteiger partial charge in [0.15, 0.2) is 0 Å². The van der Waals surface area contributed by atoms with Gasteiger partial charge in [0.05, 0.1) is 0 Å². The van der Waals surface area contributed by atoms with E-state index in [2.05, 4.69) is 25.7 Å². The highest BCUT2D eigenvalue weighted by molar-refractivity contribution is 5.53. The van der Waals surface area contributed by atoms with Crippen LogP contribution in [0.3, 0.4) is 0 Å². The largest absolute Gasteiger partial charge is 0.508 e. The van der Waals surface area contributed by atoms with Crippen LogP contribution in [0.4, 0.5) is 0 Å². The molecular weight excluding hydrogens is 210 g/mol. The predicted octanol–water partition coefficient (Wildman–Crippen LogP) is 3.55. The third-order valence-electron chi connectivity index (χ3n) is 2.44. The molecule has 0 amide bonds. The molecule has 0 bridgehead atoms. The van der Waals surface area contributed by atoms with Gasteiger partial charge in [-0.15, -0.1) is 0 Å². The van der Waals surface area contributed by atoms with Gasteiger partial charge in [-0.25, -0.2) is 0 Å². The molecule has 0 unspecified atom stereocenters. The fourth-order valence-corrected chi connectivity index (χ4v) is 1.36. The Kier molecular flexibility index (Phi) is 5.34. The minimum Gasteiger partial charge on any atom is -0.508 e. The van der Waals surface area contributed by atoms with Crippen LogP contribution in [0.25, 0.3) is 6.08 Å². The van der Waals surface area contributed by atoms with Gasteiger partial charge in [-0.1, -0.05) is 38.6 Å². The fraction of sp³-hybridized carbons (Fsp3) is 0.333. The Morgan fingerprint density at radius 1 is 1.35 bits per heavy atom. The van der Waals surface area contributed by atoms with Gasteiger partial charge in [0.25, 0.3) is 0 Å². The van der Waals surface area contributed by atoms with Crippen LogP contribution in [0.1, 0.15) is 25.8 Å². The van der Waals surface area contributed by atoms with Crippen molar-refractivity contribution in [2.45, 2.75) is 20.3 Å². The molecule has 0 aliphatic rings. The van der Waals surface area contributed by atoms with Crippen molar-refractivity contribution in [2.75, 3.05) is 6.54 Å². The summed E-state index contributed by atoms with van der Waals surface area (Å²) in [6.45, 7) is 9.30. The molecule has 1 aromatic carbocycles. The lowest BCUT2D eigenvalue weighted by molar-refractivity contribution is 0.475. The highest BCUT2D eigenvalue weighted by Crippen LogP contribution is 2.11. The summed E-state index contributed by atoms with van der Waals surface area (Å²) in [6, 6.07) is 7.09. The summed E-state index contributed by atoms with van der Waals surface area (Å²) in [7, 11) is 0. The van der Waals surface area contributed by atoms with E-state index in [4.69, 9.17) is 5.11 Å². The number of benzene rings is 1. The average Bonchev–Trinajstić information content (AvgIpc) is 2.28. The van der Waals surface area contributed by atoms with E-state index in [-0.39, 0.29) is 5.75 Å². The van der Waals surface area contributed by atoms with Crippen molar-refractivity contribution in [3.63, 3.8) is 0 Å². The quantitative estimate of drug-likeness (QED) is 0.734. The van der Waals surface area contributed by atoms with Gasteiger partial charge in [0.2, 0.25) is 0 Å². The molecule has 1 aromatic rings. The molecule has 1 rings (SSSR count). The van der Waals surface area contributed by atoms with E-state index in [0.29, 0.717) is 5.92 Å². The van der Waals surface area contributed by atoms with E-state index < -0.39 is 0 Å². The van der Waals surface area contributed by atoms with E-state index in [0.717, 1.165) is 24.2 Å². The minimum absolute atomic E-state index is 0.288. The summed E-state index contributed by atoms with van der Waals surface area (Å²) in [5.41, 5.74) is 1.97. The molecule has 0 atom stereocenters. The van der Waals surface area contributed by atoms with Gasteiger partial charge < -0.3 is 10.4 Å². The third kappa shape index (κ3) is 5.81. The van der Waals surface area contributed by atoms with Crippen molar-refractivity contribution in [1.29, 1.82) is 0 Å². The van der Waals surface area contributed by atoms with Crippen molar-refractivity contribution < 1.29 is 5.11 Å². The molecule has 0 heterocycles. The SMILES string of the molecule is C=C(/C=C/c1ccc(O)cc1)NCCC(C)C. The van der Waals surface area contributed by atoms with Crippen molar-refractivity contribution in [2.24, 2.45) is 5.92 Å². The van der Waals surface area contributed by atoms with E-state index in [1.54, 1.807) is 12.1 Å². The van der Waals surface area contributed by atoms with Crippen LogP contribution < -0.4 is 5.32 Å². The summed E-state index contributed by atoms with van der Waals surface area (Å²) in [5, 5.41) is 12.4. The first-order valence-electron chi connectivity index (χ1n) is 5.98. The van der Waals surface area contributed by atoms with Crippen LogP contribution in [0.5, 0.6) is 5.75 Å². The first-order chi connectivity index (χ1) is 8.08. The smallest absolute Gasteiger partial charge is 0.115 e. The number of hydrogen-bond acceptors (Lipinski definition) is 2. The number of aromatic hydroxyl groups is 1. The Balaban J connectivity index is 2.37. The highest BCUT2D eigenvalue weighted by atomic mass is 16.3. The zero-order valence-electron chi connectivity index (χ0n) is 10.6. The predicted molar refractivity (Wildman–Crippen MR) is 73.7 cm³/mol. The minimum atomic E-state index is 0.288. The van der Waals surface area contributed by atoms with Crippen molar-refractivity contribution in [3.05, 3.63) is 48.2 Å². The average molecular weight is 231 g/mol. The molecule has 0 spiro atoms. The normalized spacial score (nSPS) is 11.0. The lowest BCUT2D eigenvalue weighted by Gasteiger charge is -2.07. The second-order valence-corrected chi connectivity index (χ2v) is 4.56. The monoisotopic (exact) mass is 231 g/mol. The molecule has 17 heavy (non-hydrogen) atoms. The van der Waals surface area contributed by atoms with E-state index >= 15 is 0 Å². The maximum absolute atomic E-state index is 9.15. The van der Waals surface area contributed by atoms with Crippen LogP contribution in [-0.2, 0) is 0 Å². The first kappa shape index (κ1) is 13.4. The molecule has 0 radical (unpaired) electrons. The Morgan fingerprint density at radius 2 is 2.00 bits per heavy atom. The van der Waals surface area contributed by atoms with Gasteiger partial charge >= 0.3 is 0 Å². The summed E-state index contributed by atoms with van der Waals surface area (Å²) in [6.07, 6.45) is 5.07. The molecule has 0 fully saturated rings. The maximum Gasteiger partial charge on any atom is 0.115 e. The first-order valence-corrected chi connectivity index (χ1v) is 5.98. The maximum atomic E-state index is 9.15. The second-order valence-electron chi connectivity index (χ2n) is 4.56. The number of hydrogen-bond donors (Lipinski definition) is 2. The molecule has 2 N–H and O–H groups in total. The Hall–Kier alpha value is -1.70. The van der Waals surface area contributed by atoms with E-state index in [9.17, 15) is 0 Å². The second kappa shape index (κ2) is 6.79. The zero-order valence-corrected chi connectivity index (χ0v) is 10.6. The molecule has 2 nitrogen and oxygen atoms in total. The Bertz CT molecular complexity index is 376. The van der Waals surface area contributed by atoms with Crippen molar-refractivity contribution in [1.82, 2.24) is 5.32 Å². The van der Waals surface area contributed by atoms with Crippen LogP contribution in [0.2, 0.25) is 0 Å². The molecule has 0 saturated carbocycles. The summed E-state index contributed by atoms with van der Waals surface area (Å²) < 4.78 is 0. The molecule has 0 saturated heterocycles. The molecule has 92 valence electrons. The molecule has 0 aromatic heterocycles. The van der Waals surface area contributed by atoms with Gasteiger partial charge in [0.1, 0.15) is 5.75 Å². The van der Waals surface area contributed by atoms with Crippen LogP contribution in [0.15, 0.2) is 42.6 Å². The van der Waals surface area contributed by atoms with Gasteiger partial charge in [-0.2, -0.15) is 0 Å². The number of phenols is 1. The summed E-state index contributed by atoms with van der Waals surface area (Å²) in [5.74, 6) is 0.993. The van der Waals surface area contributed by atoms with Crippen LogP contribution in [0, 0.1) is 5.92 Å². The topological polar surface area (TPSA) is 32.3 Å². The van der Waals surface area contributed by atoms with E-state index in [1.165, 1.54) is 0 Å². The van der Waals surface area contributed by atoms with Crippen molar-refractivity contribution >= 4 is 6.08 Å². The lowest BCUT2D eigenvalue weighted by Crippen LogP contribution is -2.14. The fourth-order valence-electron chi connectivity index (χ4n) is 1.36. The Labute approximate surface area is 104 Å².